The fourth-order valence-corrected chi connectivity index (χ4v) is 0.715. The van der Waals surface area contributed by atoms with Gasteiger partial charge in [-0.25, -0.2) is 0 Å². The molecule has 10 heteroatoms. The average molecular weight is 260 g/mol. The minimum Gasteiger partial charge on any atom is -0.481 e. The Morgan fingerprint density at radius 3 is 1.56 bits per heavy atom. The minimum absolute atomic E-state index is 2.78. The maximum Gasteiger partial charge on any atom is 0.453 e. The van der Waals surface area contributed by atoms with Gasteiger partial charge in [0.25, 0.3) is 0 Å². The summed E-state index contributed by atoms with van der Waals surface area (Å²) in [4.78, 5) is 9.93. The van der Waals surface area contributed by atoms with Crippen LogP contribution in [0.15, 0.2) is 0 Å². The normalized spacial score (nSPS) is 16.0. The molecule has 0 aromatic carbocycles. The predicted octanol–water partition coefficient (Wildman–Crippen LogP) is 2.84. The van der Waals surface area contributed by atoms with Gasteiger partial charge < -0.3 is 5.11 Å². The number of hydrogen-bond acceptors (Lipinski definition) is 1. The van der Waals surface area contributed by atoms with Crippen LogP contribution in [0.2, 0.25) is 0 Å². The molecule has 0 aliphatic rings. The van der Waals surface area contributed by atoms with E-state index >= 15 is 0 Å². The highest BCUT2D eigenvalue weighted by Gasteiger charge is 2.62. The molecule has 1 unspecified atom stereocenters. The van der Waals surface area contributed by atoms with Gasteiger partial charge in [-0.15, -0.1) is 0 Å². The summed E-state index contributed by atoms with van der Waals surface area (Å²) < 4.78 is 94.4. The molecular formula is C6H4F8O2. The first-order chi connectivity index (χ1) is 6.79. The van der Waals surface area contributed by atoms with Crippen LogP contribution in [0, 0.1) is 5.92 Å². The molecule has 0 amide bonds. The third kappa shape index (κ3) is 3.49. The van der Waals surface area contributed by atoms with Gasteiger partial charge in [-0.05, 0) is 0 Å². The van der Waals surface area contributed by atoms with E-state index in [1.54, 1.807) is 0 Å². The maximum absolute atomic E-state index is 12.2. The van der Waals surface area contributed by atoms with Crippen molar-refractivity contribution < 1.29 is 45.0 Å². The molecule has 2 nitrogen and oxygen atoms in total. The Kier molecular flexibility index (Phi) is 3.78. The monoisotopic (exact) mass is 260 g/mol. The number of carboxylic acids is 1. The molecule has 0 rings (SSSR count). The largest absolute Gasteiger partial charge is 0.481 e. The van der Waals surface area contributed by atoms with Gasteiger partial charge >= 0.3 is 24.2 Å². The summed E-state index contributed by atoms with van der Waals surface area (Å²) in [6.45, 7) is 0. The number of carbonyl (C=O) groups is 1. The van der Waals surface area contributed by atoms with Gasteiger partial charge in [0.15, 0.2) is 5.92 Å². The summed E-state index contributed by atoms with van der Waals surface area (Å²) in [5.74, 6) is -12.2. The number of carboxylic acid groups (broad SMARTS) is 1. The molecule has 1 N–H and O–H groups in total. The fourth-order valence-electron chi connectivity index (χ4n) is 0.715. The standard InChI is InChI=1S/C6H4F8O2/c7-4(8,6(12,13)14)1-2(3(15)16)5(9,10)11/h2H,1H2,(H,15,16). The molecule has 0 radical (unpaired) electrons. The van der Waals surface area contributed by atoms with Crippen molar-refractivity contribution in [2.75, 3.05) is 0 Å². The SMILES string of the molecule is O=C(O)C(CC(F)(F)C(F)(F)F)C(F)(F)F. The molecule has 16 heavy (non-hydrogen) atoms. The second kappa shape index (κ2) is 4.06. The molecule has 0 aliphatic heterocycles. The Morgan fingerprint density at radius 1 is 1.00 bits per heavy atom. The highest BCUT2D eigenvalue weighted by Crippen LogP contribution is 2.43. The molecule has 1 atom stereocenters. The molecule has 0 saturated carbocycles. The molecule has 0 aromatic heterocycles. The summed E-state index contributed by atoms with van der Waals surface area (Å²) in [7, 11) is 0. The summed E-state index contributed by atoms with van der Waals surface area (Å²) >= 11 is 0. The van der Waals surface area contributed by atoms with Crippen LogP contribution in [0.1, 0.15) is 6.42 Å². The van der Waals surface area contributed by atoms with Gasteiger partial charge in [0, 0.05) is 6.42 Å². The second-order valence-electron chi connectivity index (χ2n) is 2.84. The molecule has 0 fully saturated rings. The van der Waals surface area contributed by atoms with Crippen molar-refractivity contribution in [3.05, 3.63) is 0 Å². The number of rotatable bonds is 3. The van der Waals surface area contributed by atoms with Crippen molar-refractivity contribution in [2.24, 2.45) is 5.92 Å². The smallest absolute Gasteiger partial charge is 0.453 e. The molecular weight excluding hydrogens is 256 g/mol. The van der Waals surface area contributed by atoms with E-state index in [0.717, 1.165) is 0 Å². The lowest BCUT2D eigenvalue weighted by Crippen LogP contribution is -2.43. The van der Waals surface area contributed by atoms with Gasteiger partial charge in [0.2, 0.25) is 0 Å². The van der Waals surface area contributed by atoms with Crippen molar-refractivity contribution in [1.82, 2.24) is 0 Å². The van der Waals surface area contributed by atoms with E-state index in [0.29, 0.717) is 0 Å². The van der Waals surface area contributed by atoms with E-state index in [1.807, 2.05) is 0 Å². The zero-order chi connectivity index (χ0) is 13.4. The lowest BCUT2D eigenvalue weighted by atomic mass is 10.00. The van der Waals surface area contributed by atoms with Crippen LogP contribution in [-0.2, 0) is 4.79 Å². The van der Waals surface area contributed by atoms with Crippen LogP contribution in [0.25, 0.3) is 0 Å². The summed E-state index contributed by atoms with van der Waals surface area (Å²) in [6.07, 6.45) is -14.7. The second-order valence-corrected chi connectivity index (χ2v) is 2.84. The van der Waals surface area contributed by atoms with E-state index in [2.05, 4.69) is 0 Å². The topological polar surface area (TPSA) is 37.3 Å². The predicted molar refractivity (Wildman–Crippen MR) is 32.8 cm³/mol. The molecule has 0 aromatic rings. The molecule has 0 bridgehead atoms. The number of aliphatic carboxylic acids is 1. The Hall–Kier alpha value is -1.09. The lowest BCUT2D eigenvalue weighted by molar-refractivity contribution is -0.298. The number of alkyl halides is 8. The molecule has 0 spiro atoms. The van der Waals surface area contributed by atoms with E-state index in [9.17, 15) is 39.9 Å². The minimum atomic E-state index is -6.22. The maximum atomic E-state index is 12.2. The van der Waals surface area contributed by atoms with Gasteiger partial charge in [0.1, 0.15) is 0 Å². The summed E-state index contributed by atoms with van der Waals surface area (Å²) in [5, 5.41) is 7.92. The fraction of sp³-hybridized carbons (Fsp3) is 0.833. The summed E-state index contributed by atoms with van der Waals surface area (Å²) in [5.41, 5.74) is 0. The van der Waals surface area contributed by atoms with Crippen molar-refractivity contribution >= 4 is 5.97 Å². The van der Waals surface area contributed by atoms with Crippen LogP contribution in [-0.4, -0.2) is 29.4 Å². The zero-order valence-corrected chi connectivity index (χ0v) is 7.16. The molecule has 0 aliphatic carbocycles. The number of hydrogen-bond donors (Lipinski definition) is 1. The van der Waals surface area contributed by atoms with Crippen LogP contribution in [0.3, 0.4) is 0 Å². The Morgan fingerprint density at radius 2 is 1.38 bits per heavy atom. The van der Waals surface area contributed by atoms with Crippen molar-refractivity contribution in [3.8, 4) is 0 Å². The van der Waals surface area contributed by atoms with Crippen LogP contribution >= 0.6 is 0 Å². The van der Waals surface area contributed by atoms with Crippen LogP contribution < -0.4 is 0 Å². The molecule has 0 saturated heterocycles. The van der Waals surface area contributed by atoms with E-state index in [4.69, 9.17) is 5.11 Å². The first kappa shape index (κ1) is 14.9. The zero-order valence-electron chi connectivity index (χ0n) is 7.16. The van der Waals surface area contributed by atoms with Crippen LogP contribution in [0.5, 0.6) is 0 Å². The average Bonchev–Trinajstić information content (AvgIpc) is 1.95. The van der Waals surface area contributed by atoms with Gasteiger partial charge in [-0.2, -0.15) is 35.1 Å². The van der Waals surface area contributed by atoms with Gasteiger partial charge in [0.05, 0.1) is 0 Å². The highest BCUT2D eigenvalue weighted by atomic mass is 19.4. The Bertz CT molecular complexity index is 265. The quantitative estimate of drug-likeness (QED) is 0.792. The first-order valence-corrected chi connectivity index (χ1v) is 3.53. The highest BCUT2D eigenvalue weighted by molar-refractivity contribution is 5.71. The number of halogens is 8. The molecule has 0 heterocycles. The van der Waals surface area contributed by atoms with Crippen LogP contribution in [0.4, 0.5) is 35.1 Å². The van der Waals surface area contributed by atoms with E-state index < -0.39 is 36.6 Å². The third-order valence-corrected chi connectivity index (χ3v) is 1.57. The van der Waals surface area contributed by atoms with Crippen molar-refractivity contribution in [2.45, 2.75) is 24.7 Å². The van der Waals surface area contributed by atoms with Gasteiger partial charge in [-0.3, -0.25) is 4.79 Å². The van der Waals surface area contributed by atoms with Crippen molar-refractivity contribution in [3.63, 3.8) is 0 Å². The van der Waals surface area contributed by atoms with E-state index in [1.165, 1.54) is 0 Å². The summed E-state index contributed by atoms with van der Waals surface area (Å²) in [6, 6.07) is 0. The van der Waals surface area contributed by atoms with Crippen molar-refractivity contribution in [1.29, 1.82) is 0 Å². The Labute approximate surface area is 82.8 Å². The Balaban J connectivity index is 4.99. The third-order valence-electron chi connectivity index (χ3n) is 1.57. The molecule has 96 valence electrons. The van der Waals surface area contributed by atoms with Gasteiger partial charge in [-0.1, -0.05) is 0 Å². The lowest BCUT2D eigenvalue weighted by Gasteiger charge is -2.24. The van der Waals surface area contributed by atoms with E-state index in [-0.39, 0.29) is 0 Å². The first-order valence-electron chi connectivity index (χ1n) is 3.53.